The molecule has 174 valence electrons. The van der Waals surface area contributed by atoms with E-state index in [1.54, 1.807) is 0 Å². The van der Waals surface area contributed by atoms with Crippen LogP contribution in [-0.4, -0.2) is 9.97 Å². The molecule has 37 heavy (non-hydrogen) atoms. The first-order valence-electron chi connectivity index (χ1n) is 12.6. The summed E-state index contributed by atoms with van der Waals surface area (Å²) in [6.07, 6.45) is 3.72. The zero-order valence-corrected chi connectivity index (χ0v) is 20.5. The van der Waals surface area contributed by atoms with Crippen LogP contribution in [-0.2, 0) is 0 Å². The van der Waals surface area contributed by atoms with E-state index in [9.17, 15) is 0 Å². The summed E-state index contributed by atoms with van der Waals surface area (Å²) in [7, 11) is 0. The van der Waals surface area contributed by atoms with Crippen LogP contribution in [0.5, 0.6) is 0 Å². The highest BCUT2D eigenvalue weighted by Gasteiger charge is 2.10. The van der Waals surface area contributed by atoms with Crippen LogP contribution in [0.15, 0.2) is 128 Å². The molecule has 2 nitrogen and oxygen atoms in total. The van der Waals surface area contributed by atoms with E-state index in [0.717, 1.165) is 21.8 Å². The van der Waals surface area contributed by atoms with Crippen molar-refractivity contribution >= 4 is 32.6 Å². The summed E-state index contributed by atoms with van der Waals surface area (Å²) in [6, 6.07) is 41.4. The van der Waals surface area contributed by atoms with Crippen molar-refractivity contribution in [2.75, 3.05) is 0 Å². The van der Waals surface area contributed by atoms with Gasteiger partial charge in [-0.2, -0.15) is 0 Å². The van der Waals surface area contributed by atoms with Crippen LogP contribution in [0.1, 0.15) is 5.56 Å². The Hall–Kier alpha value is -4.82. The van der Waals surface area contributed by atoms with Gasteiger partial charge in [0, 0.05) is 23.2 Å². The molecule has 0 aliphatic carbocycles. The Morgan fingerprint density at radius 3 is 1.97 bits per heavy atom. The van der Waals surface area contributed by atoms with Gasteiger partial charge in [0.25, 0.3) is 0 Å². The van der Waals surface area contributed by atoms with Crippen molar-refractivity contribution in [3.8, 4) is 33.4 Å². The van der Waals surface area contributed by atoms with Crippen molar-refractivity contribution in [3.63, 3.8) is 0 Å². The van der Waals surface area contributed by atoms with E-state index in [1.165, 1.54) is 49.7 Å². The van der Waals surface area contributed by atoms with E-state index in [4.69, 9.17) is 0 Å². The van der Waals surface area contributed by atoms with E-state index < -0.39 is 0 Å². The van der Waals surface area contributed by atoms with E-state index in [1.807, 2.05) is 18.5 Å². The second kappa shape index (κ2) is 8.69. The van der Waals surface area contributed by atoms with Gasteiger partial charge in [-0.25, -0.2) is 0 Å². The molecule has 7 rings (SSSR count). The van der Waals surface area contributed by atoms with Gasteiger partial charge in [-0.15, -0.1) is 0 Å². The van der Waals surface area contributed by atoms with Crippen molar-refractivity contribution < 1.29 is 0 Å². The number of hydrogen-bond acceptors (Lipinski definition) is 2. The number of fused-ring (bicyclic) bond motifs is 4. The molecule has 0 aliphatic heterocycles. The Kier molecular flexibility index (Phi) is 5.04. The molecule has 0 saturated heterocycles. The molecule has 0 fully saturated rings. The summed E-state index contributed by atoms with van der Waals surface area (Å²) in [4.78, 5) is 9.26. The minimum atomic E-state index is 0.943. The third-order valence-electron chi connectivity index (χ3n) is 7.17. The number of aryl methyl sites for hydroxylation is 1. The Bertz CT molecular complexity index is 1930. The Morgan fingerprint density at radius 2 is 1.11 bits per heavy atom. The first-order chi connectivity index (χ1) is 18.2. The fourth-order valence-electron chi connectivity index (χ4n) is 5.33. The topological polar surface area (TPSA) is 25.8 Å². The monoisotopic (exact) mass is 472 g/mol. The highest BCUT2D eigenvalue weighted by molar-refractivity contribution is 6.08. The van der Waals surface area contributed by atoms with Crippen LogP contribution in [0, 0.1) is 6.92 Å². The summed E-state index contributed by atoms with van der Waals surface area (Å²) in [5.74, 6) is 0. The Labute approximate surface area is 215 Å². The second-order valence-corrected chi connectivity index (χ2v) is 9.62. The molecule has 0 spiro atoms. The average molecular weight is 473 g/mol. The molecule has 7 aromatic rings. The van der Waals surface area contributed by atoms with Crippen molar-refractivity contribution in [2.24, 2.45) is 0 Å². The smallest absolute Gasteiger partial charge is 0.0970 e. The number of rotatable bonds is 3. The molecule has 0 radical (unpaired) electrons. The lowest BCUT2D eigenvalue weighted by atomic mass is 9.94. The van der Waals surface area contributed by atoms with Gasteiger partial charge in [0.1, 0.15) is 0 Å². The summed E-state index contributed by atoms with van der Waals surface area (Å²) >= 11 is 0. The lowest BCUT2D eigenvalue weighted by molar-refractivity contribution is 1.37. The van der Waals surface area contributed by atoms with Crippen LogP contribution in [0.2, 0.25) is 0 Å². The maximum absolute atomic E-state index is 4.67. The van der Waals surface area contributed by atoms with Crippen LogP contribution in [0.4, 0.5) is 0 Å². The van der Waals surface area contributed by atoms with Crippen LogP contribution >= 0.6 is 0 Å². The van der Waals surface area contributed by atoms with Gasteiger partial charge in [0.05, 0.1) is 11.0 Å². The predicted molar refractivity (Wildman–Crippen MR) is 156 cm³/mol. The van der Waals surface area contributed by atoms with Crippen molar-refractivity contribution in [3.05, 3.63) is 133 Å². The normalized spacial score (nSPS) is 11.4. The maximum atomic E-state index is 4.67. The molecule has 2 aromatic heterocycles. The maximum Gasteiger partial charge on any atom is 0.0970 e. The van der Waals surface area contributed by atoms with Crippen molar-refractivity contribution in [1.82, 2.24) is 9.97 Å². The molecular weight excluding hydrogens is 448 g/mol. The highest BCUT2D eigenvalue weighted by Crippen LogP contribution is 2.34. The fourth-order valence-corrected chi connectivity index (χ4v) is 5.33. The van der Waals surface area contributed by atoms with E-state index in [0.29, 0.717) is 0 Å². The second-order valence-electron chi connectivity index (χ2n) is 9.62. The Balaban J connectivity index is 1.28. The molecule has 0 N–H and O–H groups in total. The molecule has 0 aliphatic rings. The molecule has 5 aromatic carbocycles. The fraction of sp³-hybridized carbons (Fsp3) is 0.0286. The summed E-state index contributed by atoms with van der Waals surface area (Å²) in [5, 5.41) is 4.76. The van der Waals surface area contributed by atoms with Crippen LogP contribution in [0.3, 0.4) is 0 Å². The molecule has 0 unspecified atom stereocenters. The lowest BCUT2D eigenvalue weighted by Gasteiger charge is -2.11. The van der Waals surface area contributed by atoms with E-state index in [2.05, 4.69) is 126 Å². The van der Waals surface area contributed by atoms with Gasteiger partial charge in [-0.3, -0.25) is 9.97 Å². The quantitative estimate of drug-likeness (QED) is 0.240. The van der Waals surface area contributed by atoms with Crippen molar-refractivity contribution in [1.29, 1.82) is 0 Å². The minimum Gasteiger partial charge on any atom is -0.254 e. The first-order valence-corrected chi connectivity index (χ1v) is 12.6. The van der Waals surface area contributed by atoms with Crippen LogP contribution < -0.4 is 0 Å². The molecule has 0 amide bonds. The number of benzene rings is 5. The molecule has 0 bridgehead atoms. The molecule has 0 atom stereocenters. The number of hydrogen-bond donors (Lipinski definition) is 0. The van der Waals surface area contributed by atoms with Gasteiger partial charge >= 0.3 is 0 Å². The van der Waals surface area contributed by atoms with Gasteiger partial charge in [0.15, 0.2) is 0 Å². The first kappa shape index (κ1) is 21.5. The molecule has 2 heteroatoms. The number of aromatic nitrogens is 2. The standard InChI is InChI=1S/C35H24N2/c1-23-19-30(22-31(20-23)29-13-10-24-5-2-3-6-28(24)21-29)25-8-11-26(12-9-25)32-16-18-37-35-33(32)15-14-27-7-4-17-36-34(27)35/h2-22H,1H3. The van der Waals surface area contributed by atoms with Crippen molar-refractivity contribution in [2.45, 2.75) is 6.92 Å². The largest absolute Gasteiger partial charge is 0.254 e. The van der Waals surface area contributed by atoms with Gasteiger partial charge in [0.2, 0.25) is 0 Å². The third-order valence-corrected chi connectivity index (χ3v) is 7.17. The minimum absolute atomic E-state index is 0.943. The average Bonchev–Trinajstić information content (AvgIpc) is 2.96. The summed E-state index contributed by atoms with van der Waals surface area (Å²) < 4.78 is 0. The summed E-state index contributed by atoms with van der Waals surface area (Å²) in [5.41, 5.74) is 10.4. The SMILES string of the molecule is Cc1cc(-c2ccc(-c3ccnc4c3ccc3cccnc34)cc2)cc(-c2ccc3ccccc3c2)c1. The van der Waals surface area contributed by atoms with E-state index >= 15 is 0 Å². The van der Waals surface area contributed by atoms with E-state index in [-0.39, 0.29) is 0 Å². The lowest BCUT2D eigenvalue weighted by Crippen LogP contribution is -1.89. The molecular formula is C35H24N2. The Morgan fingerprint density at radius 1 is 0.432 bits per heavy atom. The van der Waals surface area contributed by atoms with Gasteiger partial charge in [-0.05, 0) is 80.9 Å². The zero-order chi connectivity index (χ0) is 24.8. The third kappa shape index (κ3) is 3.84. The predicted octanol–water partition coefficient (Wildman–Crippen LogP) is 9.25. The summed E-state index contributed by atoms with van der Waals surface area (Å²) in [6.45, 7) is 2.17. The zero-order valence-electron chi connectivity index (χ0n) is 20.5. The number of nitrogens with zero attached hydrogens (tertiary/aromatic N) is 2. The highest BCUT2D eigenvalue weighted by atomic mass is 14.7. The number of pyridine rings is 2. The molecule has 0 saturated carbocycles. The van der Waals surface area contributed by atoms with Gasteiger partial charge in [-0.1, -0.05) is 91.0 Å². The van der Waals surface area contributed by atoms with Crippen LogP contribution in [0.25, 0.3) is 66.0 Å². The van der Waals surface area contributed by atoms with Gasteiger partial charge < -0.3 is 0 Å². The molecule has 2 heterocycles.